The molecule has 0 bridgehead atoms. The van der Waals surface area contributed by atoms with Crippen LogP contribution in [0, 0.1) is 13.8 Å². The fraction of sp³-hybridized carbons (Fsp3) is 0.625. The lowest BCUT2D eigenvalue weighted by atomic mass is 9.74. The van der Waals surface area contributed by atoms with Gasteiger partial charge >= 0.3 is 6.03 Å². The molecule has 0 unspecified atom stereocenters. The Morgan fingerprint density at radius 2 is 1.97 bits per heavy atom. The molecule has 2 aliphatic rings. The van der Waals surface area contributed by atoms with Gasteiger partial charge in [0.1, 0.15) is 0 Å². The molecular weight excluding hydrogens is 360 g/mol. The van der Waals surface area contributed by atoms with Crippen molar-refractivity contribution >= 4 is 16.9 Å². The SMILES string of the molecule is CCCN1CCC[C@@H]2c3ccc(C)c4c3c(c(C)n4NC(=O)N(CC)CC)C[C@H]21. The zero-order valence-electron chi connectivity index (χ0n) is 18.7. The van der Waals surface area contributed by atoms with E-state index in [4.69, 9.17) is 0 Å². The second kappa shape index (κ2) is 8.02. The van der Waals surface area contributed by atoms with Crippen LogP contribution < -0.4 is 5.43 Å². The fourth-order valence-corrected chi connectivity index (χ4v) is 5.71. The summed E-state index contributed by atoms with van der Waals surface area (Å²) in [4.78, 5) is 17.4. The quantitative estimate of drug-likeness (QED) is 0.790. The maximum absolute atomic E-state index is 12.9. The normalized spacial score (nSPS) is 21.3. The highest BCUT2D eigenvalue weighted by molar-refractivity contribution is 5.95. The van der Waals surface area contributed by atoms with E-state index in [0.717, 1.165) is 6.42 Å². The lowest BCUT2D eigenvalue weighted by molar-refractivity contribution is 0.124. The molecule has 4 rings (SSSR count). The Morgan fingerprint density at radius 1 is 1.21 bits per heavy atom. The van der Waals surface area contributed by atoms with Gasteiger partial charge in [-0.3, -0.25) is 9.58 Å². The monoisotopic (exact) mass is 396 g/mol. The Bertz CT molecular complexity index is 909. The van der Waals surface area contributed by atoms with Crippen molar-refractivity contribution in [3.05, 3.63) is 34.5 Å². The maximum atomic E-state index is 12.9. The van der Waals surface area contributed by atoms with Gasteiger partial charge in [0, 0.05) is 36.1 Å². The van der Waals surface area contributed by atoms with E-state index in [-0.39, 0.29) is 6.03 Å². The summed E-state index contributed by atoms with van der Waals surface area (Å²) in [6, 6.07) is 5.19. The van der Waals surface area contributed by atoms with Crippen LogP contribution in [-0.2, 0) is 6.42 Å². The smallest absolute Gasteiger partial charge is 0.324 e. The zero-order chi connectivity index (χ0) is 20.7. The van der Waals surface area contributed by atoms with E-state index in [2.05, 4.69) is 47.9 Å². The number of likely N-dealkylation sites (tertiary alicyclic amines) is 1. The van der Waals surface area contributed by atoms with Crippen molar-refractivity contribution in [1.82, 2.24) is 14.5 Å². The standard InChI is InChI=1S/C24H36N4O/c1-6-13-27-14-9-10-18-19-12-11-16(4)23-22(19)20(15-21(18)27)17(5)28(23)25-24(29)26(7-2)8-3/h11-12,18,21H,6-10,13-15H2,1-5H3,(H,25,29)/t18-,21-/m1/s1. The van der Waals surface area contributed by atoms with E-state index < -0.39 is 0 Å². The topological polar surface area (TPSA) is 40.5 Å². The molecule has 1 saturated heterocycles. The third-order valence-electron chi connectivity index (χ3n) is 7.19. The van der Waals surface area contributed by atoms with Gasteiger partial charge in [0.25, 0.3) is 0 Å². The molecule has 1 aliphatic heterocycles. The Balaban J connectivity index is 1.82. The summed E-state index contributed by atoms with van der Waals surface area (Å²) < 4.78 is 2.08. The molecule has 0 saturated carbocycles. The minimum Gasteiger partial charge on any atom is -0.324 e. The number of amides is 2. The second-order valence-corrected chi connectivity index (χ2v) is 8.74. The molecule has 5 heteroatoms. The van der Waals surface area contributed by atoms with Gasteiger partial charge in [-0.25, -0.2) is 10.2 Å². The molecule has 1 aliphatic carbocycles. The number of nitrogens with zero attached hydrogens (tertiary/aromatic N) is 3. The van der Waals surface area contributed by atoms with Gasteiger partial charge in [0.05, 0.1) is 5.52 Å². The third kappa shape index (κ3) is 3.24. The first-order valence-electron chi connectivity index (χ1n) is 11.4. The molecule has 0 radical (unpaired) electrons. The van der Waals surface area contributed by atoms with Crippen LogP contribution in [0.4, 0.5) is 4.79 Å². The Labute approximate surface area is 175 Å². The number of aryl methyl sites for hydroxylation is 1. The molecule has 29 heavy (non-hydrogen) atoms. The number of benzene rings is 1. The molecule has 1 N–H and O–H groups in total. The molecule has 2 amide bonds. The second-order valence-electron chi connectivity index (χ2n) is 8.74. The Hall–Kier alpha value is -2.01. The maximum Gasteiger partial charge on any atom is 0.336 e. The summed E-state index contributed by atoms with van der Waals surface area (Å²) in [6.45, 7) is 14.5. The predicted octanol–water partition coefficient (Wildman–Crippen LogP) is 4.78. The van der Waals surface area contributed by atoms with Crippen LogP contribution in [0.15, 0.2) is 12.1 Å². The summed E-state index contributed by atoms with van der Waals surface area (Å²) in [5.41, 5.74) is 9.76. The van der Waals surface area contributed by atoms with E-state index in [1.54, 1.807) is 0 Å². The van der Waals surface area contributed by atoms with E-state index in [0.29, 0.717) is 25.0 Å². The highest BCUT2D eigenvalue weighted by Gasteiger charge is 2.39. The van der Waals surface area contributed by atoms with E-state index >= 15 is 0 Å². The highest BCUT2D eigenvalue weighted by Crippen LogP contribution is 2.45. The van der Waals surface area contributed by atoms with Gasteiger partial charge in [-0.1, -0.05) is 19.1 Å². The number of carbonyl (C=O) groups excluding carboxylic acids is 1. The van der Waals surface area contributed by atoms with Crippen molar-refractivity contribution in [3.8, 4) is 0 Å². The van der Waals surface area contributed by atoms with Gasteiger partial charge in [-0.2, -0.15) is 0 Å². The number of nitrogens with one attached hydrogen (secondary N) is 1. The molecule has 158 valence electrons. The van der Waals surface area contributed by atoms with Crippen molar-refractivity contribution in [2.45, 2.75) is 72.3 Å². The average molecular weight is 397 g/mol. The van der Waals surface area contributed by atoms with Gasteiger partial charge in [0.15, 0.2) is 0 Å². The van der Waals surface area contributed by atoms with Gasteiger partial charge in [-0.05, 0) is 83.2 Å². The number of hydrogen-bond acceptors (Lipinski definition) is 2. The number of rotatable bonds is 5. The van der Waals surface area contributed by atoms with Gasteiger partial charge < -0.3 is 4.90 Å². The first kappa shape index (κ1) is 20.3. The zero-order valence-corrected chi connectivity index (χ0v) is 18.7. The molecule has 2 aromatic rings. The van der Waals surface area contributed by atoms with Crippen LogP contribution in [0.1, 0.15) is 68.3 Å². The number of fused-ring (bicyclic) bond motifs is 2. The van der Waals surface area contributed by atoms with Gasteiger partial charge in [-0.15, -0.1) is 0 Å². The molecular formula is C24H36N4O. The third-order valence-corrected chi connectivity index (χ3v) is 7.19. The van der Waals surface area contributed by atoms with Crippen LogP contribution >= 0.6 is 0 Å². The van der Waals surface area contributed by atoms with Crippen molar-refractivity contribution in [2.24, 2.45) is 0 Å². The Morgan fingerprint density at radius 3 is 2.66 bits per heavy atom. The molecule has 2 atom stereocenters. The molecule has 1 aromatic heterocycles. The van der Waals surface area contributed by atoms with Crippen LogP contribution in [0.3, 0.4) is 0 Å². The minimum atomic E-state index is -0.0179. The van der Waals surface area contributed by atoms with Crippen LogP contribution in [0.25, 0.3) is 10.9 Å². The predicted molar refractivity (Wildman–Crippen MR) is 120 cm³/mol. The van der Waals surface area contributed by atoms with Crippen molar-refractivity contribution in [3.63, 3.8) is 0 Å². The van der Waals surface area contributed by atoms with Crippen LogP contribution in [0.2, 0.25) is 0 Å². The van der Waals surface area contributed by atoms with E-state index in [1.165, 1.54) is 65.6 Å². The number of carbonyl (C=O) groups is 1. The lowest BCUT2D eigenvalue weighted by Crippen LogP contribution is -2.47. The molecule has 0 spiro atoms. The number of aromatic nitrogens is 1. The molecule has 1 fully saturated rings. The van der Waals surface area contributed by atoms with Crippen molar-refractivity contribution < 1.29 is 4.79 Å². The first-order chi connectivity index (χ1) is 14.0. The number of urea groups is 1. The number of hydrogen-bond donors (Lipinski definition) is 1. The van der Waals surface area contributed by atoms with E-state index in [9.17, 15) is 4.79 Å². The van der Waals surface area contributed by atoms with Gasteiger partial charge in [0.2, 0.25) is 0 Å². The summed E-state index contributed by atoms with van der Waals surface area (Å²) in [5, 5.41) is 1.40. The minimum absolute atomic E-state index is 0.0179. The summed E-state index contributed by atoms with van der Waals surface area (Å²) in [7, 11) is 0. The first-order valence-corrected chi connectivity index (χ1v) is 11.4. The Kier molecular flexibility index (Phi) is 5.60. The van der Waals surface area contributed by atoms with E-state index in [1.807, 2.05) is 18.7 Å². The van der Waals surface area contributed by atoms with Crippen LogP contribution in [-0.4, -0.2) is 52.7 Å². The van der Waals surface area contributed by atoms with Crippen molar-refractivity contribution in [2.75, 3.05) is 31.6 Å². The van der Waals surface area contributed by atoms with Crippen molar-refractivity contribution in [1.29, 1.82) is 0 Å². The summed E-state index contributed by atoms with van der Waals surface area (Å²) in [5.74, 6) is 0.611. The molecule has 1 aromatic carbocycles. The summed E-state index contributed by atoms with van der Waals surface area (Å²) >= 11 is 0. The number of piperidine rings is 1. The highest BCUT2D eigenvalue weighted by atomic mass is 16.2. The summed E-state index contributed by atoms with van der Waals surface area (Å²) in [6.07, 6.45) is 4.86. The molecule has 5 nitrogen and oxygen atoms in total. The van der Waals surface area contributed by atoms with Crippen LogP contribution in [0.5, 0.6) is 0 Å². The fourth-order valence-electron chi connectivity index (χ4n) is 5.71. The molecule has 2 heterocycles. The lowest BCUT2D eigenvalue weighted by Gasteiger charge is -2.44. The largest absolute Gasteiger partial charge is 0.336 e. The average Bonchev–Trinajstić information content (AvgIpc) is 2.99.